The van der Waals surface area contributed by atoms with Crippen molar-refractivity contribution in [2.24, 2.45) is 0 Å². The topological polar surface area (TPSA) is 89.5 Å². The molecule has 0 aliphatic rings. The van der Waals surface area contributed by atoms with Crippen LogP contribution in [-0.4, -0.2) is 38.0 Å². The summed E-state index contributed by atoms with van der Waals surface area (Å²) in [6.45, 7) is 1.96. The second-order valence-corrected chi connectivity index (χ2v) is 6.24. The predicted octanol–water partition coefficient (Wildman–Crippen LogP) is 1.48. The molecule has 0 fully saturated rings. The van der Waals surface area contributed by atoms with Crippen LogP contribution in [0.5, 0.6) is 0 Å². The van der Waals surface area contributed by atoms with Crippen molar-refractivity contribution in [1.82, 2.24) is 9.97 Å². The van der Waals surface area contributed by atoms with Gasteiger partial charge in [-0.1, -0.05) is 0 Å². The fourth-order valence-electron chi connectivity index (χ4n) is 1.70. The van der Waals surface area contributed by atoms with Gasteiger partial charge in [0.05, 0.1) is 17.1 Å². The lowest BCUT2D eigenvalue weighted by molar-refractivity contribution is 0.0526. The Morgan fingerprint density at radius 2 is 1.77 bits per heavy atom. The van der Waals surface area contributed by atoms with E-state index in [2.05, 4.69) is 9.97 Å². The summed E-state index contributed by atoms with van der Waals surface area (Å²) < 4.78 is 30.8. The Balaban J connectivity index is 2.28. The molecule has 2 aromatic rings. The molecule has 0 N–H and O–H groups in total. The Kier molecular flexibility index (Phi) is 4.71. The molecule has 22 heavy (non-hydrogen) atoms. The van der Waals surface area contributed by atoms with E-state index in [1.54, 1.807) is 13.0 Å². The number of anilines is 1. The molecule has 2 rings (SSSR count). The van der Waals surface area contributed by atoms with Crippen molar-refractivity contribution in [3.63, 3.8) is 0 Å². The minimum absolute atomic E-state index is 0.0375. The van der Waals surface area contributed by atoms with E-state index in [1.807, 2.05) is 0 Å². The van der Waals surface area contributed by atoms with Crippen molar-refractivity contribution in [1.29, 1.82) is 0 Å². The molecule has 0 atom stereocenters. The van der Waals surface area contributed by atoms with Gasteiger partial charge in [-0.15, -0.1) is 0 Å². The highest BCUT2D eigenvalue weighted by Crippen LogP contribution is 2.19. The molecule has 0 saturated carbocycles. The summed E-state index contributed by atoms with van der Waals surface area (Å²) in [5, 5.41) is 0. The van der Waals surface area contributed by atoms with E-state index < -0.39 is 16.0 Å². The van der Waals surface area contributed by atoms with Crippen molar-refractivity contribution in [2.45, 2.75) is 11.8 Å². The molecule has 0 radical (unpaired) electrons. The summed E-state index contributed by atoms with van der Waals surface area (Å²) in [7, 11) is -2.43. The number of ether oxygens (including phenoxy) is 1. The smallest absolute Gasteiger partial charge is 0.338 e. The van der Waals surface area contributed by atoms with Gasteiger partial charge in [-0.25, -0.2) is 27.5 Å². The summed E-state index contributed by atoms with van der Waals surface area (Å²) in [6, 6.07) is 7.11. The Bertz CT molecular complexity index is 745. The fraction of sp³-hybridized carbons (Fsp3) is 0.214. The monoisotopic (exact) mass is 321 g/mol. The van der Waals surface area contributed by atoms with Crippen LogP contribution in [0.3, 0.4) is 0 Å². The van der Waals surface area contributed by atoms with Gasteiger partial charge in [0.15, 0.2) is 0 Å². The van der Waals surface area contributed by atoms with E-state index in [9.17, 15) is 13.2 Å². The van der Waals surface area contributed by atoms with Crippen LogP contribution >= 0.6 is 0 Å². The first-order chi connectivity index (χ1) is 10.5. The fourth-order valence-corrected chi connectivity index (χ4v) is 2.80. The third-order valence-corrected chi connectivity index (χ3v) is 4.61. The van der Waals surface area contributed by atoms with Crippen LogP contribution in [0.4, 0.5) is 5.95 Å². The maximum atomic E-state index is 12.5. The minimum Gasteiger partial charge on any atom is -0.462 e. The summed E-state index contributed by atoms with van der Waals surface area (Å²) in [5.41, 5.74) is 0.291. The van der Waals surface area contributed by atoms with Gasteiger partial charge in [-0.3, -0.25) is 0 Å². The standard InChI is InChI=1S/C14H15N3O4S/c1-3-21-13(18)11-5-7-12(8-6-11)22(19,20)17(2)14-15-9-4-10-16-14/h4-10H,3H2,1-2H3. The number of esters is 1. The van der Waals surface area contributed by atoms with Gasteiger partial charge in [0.25, 0.3) is 10.0 Å². The molecule has 0 bridgehead atoms. The van der Waals surface area contributed by atoms with Crippen LogP contribution in [-0.2, 0) is 14.8 Å². The number of aromatic nitrogens is 2. The highest BCUT2D eigenvalue weighted by atomic mass is 32.2. The Morgan fingerprint density at radius 1 is 1.18 bits per heavy atom. The molecular weight excluding hydrogens is 306 g/mol. The third-order valence-electron chi connectivity index (χ3n) is 2.86. The number of benzene rings is 1. The molecular formula is C14H15N3O4S. The molecule has 1 aromatic carbocycles. The average molecular weight is 321 g/mol. The van der Waals surface area contributed by atoms with Gasteiger partial charge in [-0.05, 0) is 37.3 Å². The van der Waals surface area contributed by atoms with Crippen molar-refractivity contribution in [3.05, 3.63) is 48.3 Å². The van der Waals surface area contributed by atoms with Crippen molar-refractivity contribution in [2.75, 3.05) is 18.0 Å². The largest absolute Gasteiger partial charge is 0.462 e. The number of rotatable bonds is 5. The summed E-state index contributed by atoms with van der Waals surface area (Å²) in [6.07, 6.45) is 2.91. The number of hydrogen-bond acceptors (Lipinski definition) is 6. The predicted molar refractivity (Wildman–Crippen MR) is 80.0 cm³/mol. The van der Waals surface area contributed by atoms with Gasteiger partial charge in [0.1, 0.15) is 0 Å². The number of carbonyl (C=O) groups excluding carboxylic acids is 1. The highest BCUT2D eigenvalue weighted by Gasteiger charge is 2.23. The first-order valence-electron chi connectivity index (χ1n) is 6.50. The Hall–Kier alpha value is -2.48. The maximum Gasteiger partial charge on any atom is 0.338 e. The zero-order chi connectivity index (χ0) is 16.2. The van der Waals surface area contributed by atoms with Crippen LogP contribution in [0.1, 0.15) is 17.3 Å². The lowest BCUT2D eigenvalue weighted by Gasteiger charge is -2.17. The molecule has 0 unspecified atom stereocenters. The number of nitrogens with zero attached hydrogens (tertiary/aromatic N) is 3. The average Bonchev–Trinajstić information content (AvgIpc) is 2.55. The van der Waals surface area contributed by atoms with E-state index in [1.165, 1.54) is 43.7 Å². The molecule has 0 aliphatic heterocycles. The van der Waals surface area contributed by atoms with E-state index in [0.29, 0.717) is 5.56 Å². The molecule has 8 heteroatoms. The molecule has 0 spiro atoms. The number of hydrogen-bond donors (Lipinski definition) is 0. The lowest BCUT2D eigenvalue weighted by atomic mass is 10.2. The van der Waals surface area contributed by atoms with E-state index in [-0.39, 0.29) is 17.5 Å². The molecule has 1 aromatic heterocycles. The lowest BCUT2D eigenvalue weighted by Crippen LogP contribution is -2.28. The third kappa shape index (κ3) is 3.22. The number of sulfonamides is 1. The maximum absolute atomic E-state index is 12.5. The van der Waals surface area contributed by atoms with E-state index >= 15 is 0 Å². The normalized spacial score (nSPS) is 11.0. The van der Waals surface area contributed by atoms with Crippen LogP contribution < -0.4 is 4.31 Å². The quantitative estimate of drug-likeness (QED) is 0.775. The SMILES string of the molecule is CCOC(=O)c1ccc(S(=O)(=O)N(C)c2ncccn2)cc1. The van der Waals surface area contributed by atoms with E-state index in [0.717, 1.165) is 4.31 Å². The van der Waals surface area contributed by atoms with Crippen LogP contribution in [0.15, 0.2) is 47.6 Å². The zero-order valence-corrected chi connectivity index (χ0v) is 12.9. The van der Waals surface area contributed by atoms with Crippen LogP contribution in [0.2, 0.25) is 0 Å². The Morgan fingerprint density at radius 3 is 2.32 bits per heavy atom. The highest BCUT2D eigenvalue weighted by molar-refractivity contribution is 7.92. The first kappa shape index (κ1) is 15.9. The van der Waals surface area contributed by atoms with Gasteiger partial charge >= 0.3 is 5.97 Å². The summed E-state index contributed by atoms with van der Waals surface area (Å²) in [5.74, 6) is -0.428. The van der Waals surface area contributed by atoms with Gasteiger partial charge in [0.2, 0.25) is 5.95 Å². The van der Waals surface area contributed by atoms with Crippen molar-refractivity contribution in [3.8, 4) is 0 Å². The molecule has 7 nitrogen and oxygen atoms in total. The number of carbonyl (C=O) groups is 1. The van der Waals surface area contributed by atoms with E-state index in [4.69, 9.17) is 4.74 Å². The van der Waals surface area contributed by atoms with Gasteiger partial charge in [0, 0.05) is 19.4 Å². The van der Waals surface area contributed by atoms with Crippen molar-refractivity contribution >= 4 is 21.9 Å². The Labute approximate surface area is 128 Å². The van der Waals surface area contributed by atoms with Gasteiger partial charge in [-0.2, -0.15) is 0 Å². The minimum atomic E-state index is -3.79. The van der Waals surface area contributed by atoms with Crippen LogP contribution in [0.25, 0.3) is 0 Å². The molecule has 1 heterocycles. The molecule has 0 saturated heterocycles. The zero-order valence-electron chi connectivity index (χ0n) is 12.1. The summed E-state index contributed by atoms with van der Waals surface area (Å²) >= 11 is 0. The van der Waals surface area contributed by atoms with Crippen molar-refractivity contribution < 1.29 is 17.9 Å². The second kappa shape index (κ2) is 6.52. The molecule has 0 amide bonds. The summed E-state index contributed by atoms with van der Waals surface area (Å²) in [4.78, 5) is 19.4. The molecule has 116 valence electrons. The molecule has 0 aliphatic carbocycles. The van der Waals surface area contributed by atoms with Gasteiger partial charge < -0.3 is 4.74 Å². The van der Waals surface area contributed by atoms with Crippen LogP contribution in [0, 0.1) is 0 Å². The second-order valence-electron chi connectivity index (χ2n) is 4.27. The first-order valence-corrected chi connectivity index (χ1v) is 7.94.